The fraction of sp³-hybridized carbons (Fsp3) is 0.294. The van der Waals surface area contributed by atoms with Crippen LogP contribution in [0.1, 0.15) is 28.2 Å². The number of nitrogens with one attached hydrogen (secondary N) is 2. The van der Waals surface area contributed by atoms with Crippen LogP contribution in [0.2, 0.25) is 0 Å². The van der Waals surface area contributed by atoms with Gasteiger partial charge in [0.05, 0.1) is 6.20 Å². The second-order valence-corrected chi connectivity index (χ2v) is 5.48. The number of nitrogens with zero attached hydrogens (tertiary/aromatic N) is 4. The molecule has 7 heteroatoms. The zero-order chi connectivity index (χ0) is 16.9. The fourth-order valence-corrected chi connectivity index (χ4v) is 2.54. The van der Waals surface area contributed by atoms with Crippen molar-refractivity contribution in [3.05, 3.63) is 53.5 Å². The minimum atomic E-state index is -0.0499. The predicted molar refractivity (Wildman–Crippen MR) is 92.2 cm³/mol. The Labute approximate surface area is 140 Å². The molecule has 1 aromatic carbocycles. The predicted octanol–water partition coefficient (Wildman–Crippen LogP) is 1.84. The maximum atomic E-state index is 12.0. The Morgan fingerprint density at radius 3 is 2.75 bits per heavy atom. The number of benzene rings is 1. The van der Waals surface area contributed by atoms with Gasteiger partial charge in [0.2, 0.25) is 5.95 Å². The first kappa shape index (κ1) is 15.9. The Balaban J connectivity index is 1.60. The van der Waals surface area contributed by atoms with Gasteiger partial charge in [0.1, 0.15) is 5.82 Å². The Bertz CT molecular complexity index is 843. The number of amides is 1. The van der Waals surface area contributed by atoms with Crippen LogP contribution in [-0.2, 0) is 6.42 Å². The lowest BCUT2D eigenvalue weighted by molar-refractivity contribution is 0.0953. The molecule has 0 saturated heterocycles. The van der Waals surface area contributed by atoms with E-state index in [9.17, 15) is 4.79 Å². The van der Waals surface area contributed by atoms with Gasteiger partial charge in [-0.05, 0) is 31.9 Å². The van der Waals surface area contributed by atoms with Crippen LogP contribution in [0.5, 0.6) is 0 Å². The van der Waals surface area contributed by atoms with Gasteiger partial charge in [-0.25, -0.2) is 4.98 Å². The van der Waals surface area contributed by atoms with Crippen LogP contribution in [0.3, 0.4) is 0 Å². The summed E-state index contributed by atoms with van der Waals surface area (Å²) in [7, 11) is 1.81. The highest BCUT2D eigenvalue weighted by Gasteiger charge is 2.11. The molecule has 124 valence electrons. The van der Waals surface area contributed by atoms with E-state index in [4.69, 9.17) is 0 Å². The van der Waals surface area contributed by atoms with E-state index in [1.807, 2.05) is 38.4 Å². The van der Waals surface area contributed by atoms with Crippen molar-refractivity contribution in [2.24, 2.45) is 0 Å². The Morgan fingerprint density at radius 2 is 2.00 bits per heavy atom. The first-order valence-corrected chi connectivity index (χ1v) is 7.91. The van der Waals surface area contributed by atoms with Crippen LogP contribution in [-0.4, -0.2) is 39.1 Å². The lowest BCUT2D eigenvalue weighted by Crippen LogP contribution is -2.24. The van der Waals surface area contributed by atoms with E-state index in [1.165, 1.54) is 0 Å². The average molecular weight is 324 g/mol. The van der Waals surface area contributed by atoms with E-state index in [0.29, 0.717) is 23.9 Å². The monoisotopic (exact) mass is 324 g/mol. The Kier molecular flexibility index (Phi) is 4.69. The minimum absolute atomic E-state index is 0.0499. The van der Waals surface area contributed by atoms with Crippen molar-refractivity contribution < 1.29 is 4.79 Å². The highest BCUT2D eigenvalue weighted by Crippen LogP contribution is 2.14. The molecule has 7 nitrogen and oxygen atoms in total. The molecule has 0 aliphatic heterocycles. The van der Waals surface area contributed by atoms with Gasteiger partial charge in [-0.2, -0.15) is 14.6 Å². The maximum absolute atomic E-state index is 12.0. The van der Waals surface area contributed by atoms with Crippen molar-refractivity contribution in [1.29, 1.82) is 0 Å². The van der Waals surface area contributed by atoms with E-state index in [1.54, 1.807) is 16.6 Å². The number of carbonyl (C=O) groups is 1. The third-order valence-corrected chi connectivity index (χ3v) is 3.72. The number of anilines is 1. The zero-order valence-electron chi connectivity index (χ0n) is 13.8. The van der Waals surface area contributed by atoms with Gasteiger partial charge in [-0.1, -0.05) is 18.2 Å². The summed E-state index contributed by atoms with van der Waals surface area (Å²) in [5.41, 5.74) is 2.53. The molecule has 0 aliphatic rings. The van der Waals surface area contributed by atoms with Crippen molar-refractivity contribution in [1.82, 2.24) is 24.9 Å². The van der Waals surface area contributed by atoms with Gasteiger partial charge < -0.3 is 10.6 Å². The lowest BCUT2D eigenvalue weighted by Gasteiger charge is -2.06. The van der Waals surface area contributed by atoms with E-state index < -0.39 is 0 Å². The summed E-state index contributed by atoms with van der Waals surface area (Å²) in [5.74, 6) is 1.32. The first-order chi connectivity index (χ1) is 11.7. The molecule has 0 atom stereocenters. The zero-order valence-corrected chi connectivity index (χ0v) is 13.8. The molecular weight excluding hydrogens is 304 g/mol. The number of carbonyl (C=O) groups excluding carboxylic acids is 1. The quantitative estimate of drug-likeness (QED) is 0.676. The van der Waals surface area contributed by atoms with E-state index in [0.717, 1.165) is 24.1 Å². The average Bonchev–Trinajstić information content (AvgIpc) is 3.01. The molecule has 2 aromatic heterocycles. The molecule has 0 bridgehead atoms. The fourth-order valence-electron chi connectivity index (χ4n) is 2.54. The number of aryl methyl sites for hydroxylation is 2. The summed E-state index contributed by atoms with van der Waals surface area (Å²) in [6.45, 7) is 2.46. The molecule has 0 aliphatic carbocycles. The summed E-state index contributed by atoms with van der Waals surface area (Å²) in [6, 6.07) is 9.22. The van der Waals surface area contributed by atoms with Crippen LogP contribution in [0.25, 0.3) is 5.65 Å². The molecule has 24 heavy (non-hydrogen) atoms. The van der Waals surface area contributed by atoms with E-state index in [-0.39, 0.29) is 5.91 Å². The van der Waals surface area contributed by atoms with Gasteiger partial charge in [0.25, 0.3) is 5.91 Å². The molecule has 2 N–H and O–H groups in total. The van der Waals surface area contributed by atoms with Gasteiger partial charge in [0, 0.05) is 24.7 Å². The van der Waals surface area contributed by atoms with Gasteiger partial charge in [-0.3, -0.25) is 4.79 Å². The van der Waals surface area contributed by atoms with Gasteiger partial charge in [-0.15, -0.1) is 0 Å². The summed E-state index contributed by atoms with van der Waals surface area (Å²) in [6.07, 6.45) is 3.42. The molecule has 0 unspecified atom stereocenters. The third-order valence-electron chi connectivity index (χ3n) is 3.72. The molecule has 0 saturated carbocycles. The highest BCUT2D eigenvalue weighted by molar-refractivity contribution is 5.94. The molecule has 2 heterocycles. The van der Waals surface area contributed by atoms with Crippen molar-refractivity contribution >= 4 is 17.5 Å². The summed E-state index contributed by atoms with van der Waals surface area (Å²) < 4.78 is 1.70. The molecule has 3 rings (SSSR count). The van der Waals surface area contributed by atoms with Crippen molar-refractivity contribution in [2.75, 3.05) is 18.9 Å². The van der Waals surface area contributed by atoms with Crippen LogP contribution >= 0.6 is 0 Å². The summed E-state index contributed by atoms with van der Waals surface area (Å²) in [4.78, 5) is 20.8. The molecule has 0 fully saturated rings. The molecule has 0 spiro atoms. The smallest absolute Gasteiger partial charge is 0.251 e. The maximum Gasteiger partial charge on any atom is 0.251 e. The van der Waals surface area contributed by atoms with Gasteiger partial charge >= 0.3 is 0 Å². The van der Waals surface area contributed by atoms with Crippen molar-refractivity contribution in [3.8, 4) is 0 Å². The Hall–Kier alpha value is -2.96. The number of hydrogen-bond acceptors (Lipinski definition) is 5. The lowest BCUT2D eigenvalue weighted by atomic mass is 10.2. The van der Waals surface area contributed by atoms with Crippen molar-refractivity contribution in [3.63, 3.8) is 0 Å². The normalized spacial score (nSPS) is 10.8. The van der Waals surface area contributed by atoms with Crippen LogP contribution in [0, 0.1) is 6.92 Å². The summed E-state index contributed by atoms with van der Waals surface area (Å²) >= 11 is 0. The molecule has 0 radical (unpaired) electrons. The van der Waals surface area contributed by atoms with Gasteiger partial charge in [0.15, 0.2) is 5.65 Å². The topological polar surface area (TPSA) is 84.2 Å². The van der Waals surface area contributed by atoms with Crippen LogP contribution in [0.4, 0.5) is 5.95 Å². The Morgan fingerprint density at radius 1 is 1.21 bits per heavy atom. The number of aromatic nitrogens is 4. The summed E-state index contributed by atoms with van der Waals surface area (Å²) in [5, 5.41) is 10.3. The van der Waals surface area contributed by atoms with E-state index in [2.05, 4.69) is 25.7 Å². The SMILES string of the molecule is CNc1nc(C)nc2c(CCCNC(=O)c3ccccc3)cnn12. The van der Waals surface area contributed by atoms with E-state index >= 15 is 0 Å². The molecular formula is C17H20N6O. The molecule has 3 aromatic rings. The molecule has 1 amide bonds. The first-order valence-electron chi connectivity index (χ1n) is 7.91. The minimum Gasteiger partial charge on any atom is -0.357 e. The van der Waals surface area contributed by atoms with Crippen molar-refractivity contribution in [2.45, 2.75) is 19.8 Å². The standard InChI is InChI=1S/C17H20N6O/c1-12-21-15-14(11-20-23(15)17(18-2)22-12)9-6-10-19-16(24)13-7-4-3-5-8-13/h3-5,7-8,11H,6,9-10H2,1-2H3,(H,19,24)(H,18,21,22). The number of rotatable bonds is 6. The van der Waals surface area contributed by atoms with Crippen LogP contribution in [0.15, 0.2) is 36.5 Å². The highest BCUT2D eigenvalue weighted by atomic mass is 16.1. The third kappa shape index (κ3) is 3.34. The second kappa shape index (κ2) is 7.08. The van der Waals surface area contributed by atoms with Crippen LogP contribution < -0.4 is 10.6 Å². The number of hydrogen-bond donors (Lipinski definition) is 2. The largest absolute Gasteiger partial charge is 0.357 e. The number of fused-ring (bicyclic) bond motifs is 1. The second-order valence-electron chi connectivity index (χ2n) is 5.48.